The van der Waals surface area contributed by atoms with E-state index in [1.807, 2.05) is 0 Å². The summed E-state index contributed by atoms with van der Waals surface area (Å²) in [4.78, 5) is 21.8. The van der Waals surface area contributed by atoms with Crippen LogP contribution in [-0.4, -0.2) is 44.8 Å². The van der Waals surface area contributed by atoms with E-state index in [4.69, 9.17) is 34.8 Å². The Balaban J connectivity index is 0. The minimum atomic E-state index is -0.346. The van der Waals surface area contributed by atoms with Gasteiger partial charge in [0.1, 0.15) is 0 Å². The molecule has 2 aromatic rings. The molecule has 2 aromatic carbocycles. The highest BCUT2D eigenvalue weighted by atomic mass is 35.5. The van der Waals surface area contributed by atoms with Crippen LogP contribution in [0.4, 0.5) is 0 Å². The van der Waals surface area contributed by atoms with Crippen molar-refractivity contribution in [2.45, 2.75) is 0 Å². The van der Waals surface area contributed by atoms with Crippen molar-refractivity contribution in [2.24, 2.45) is 0 Å². The van der Waals surface area contributed by atoms with E-state index in [-0.39, 0.29) is 17.6 Å². The third-order valence-corrected chi connectivity index (χ3v) is 3.30. The molecule has 0 amide bonds. The minimum absolute atomic E-state index is 0.0155. The summed E-state index contributed by atoms with van der Waals surface area (Å²) in [6.45, 7) is 0. The number of alkyl halides is 1. The largest absolute Gasteiger partial charge is 0.465 e. The van der Waals surface area contributed by atoms with Crippen molar-refractivity contribution in [1.29, 1.82) is 0 Å². The van der Waals surface area contributed by atoms with E-state index in [1.165, 1.54) is 7.11 Å². The number of hydrogen-bond acceptors (Lipinski definition) is 5. The smallest absolute Gasteiger partial charge is 0.337 e. The van der Waals surface area contributed by atoms with E-state index < -0.39 is 0 Å². The molecule has 0 radical (unpaired) electrons. The van der Waals surface area contributed by atoms with Gasteiger partial charge in [-0.15, -0.1) is 11.6 Å². The van der Waals surface area contributed by atoms with Gasteiger partial charge >= 0.3 is 5.97 Å². The predicted molar refractivity (Wildman–Crippen MR) is 117 cm³/mol. The highest BCUT2D eigenvalue weighted by molar-refractivity contribution is 7.77. The lowest BCUT2D eigenvalue weighted by Crippen LogP contribution is -1.99. The molecular formula is C19H21Cl3O4S. The van der Waals surface area contributed by atoms with Gasteiger partial charge in [-0.1, -0.05) is 35.4 Å². The number of rotatable bonds is 3. The van der Waals surface area contributed by atoms with Gasteiger partial charge in [0, 0.05) is 29.8 Å². The van der Waals surface area contributed by atoms with Crippen LogP contribution < -0.4 is 0 Å². The Labute approximate surface area is 180 Å². The summed E-state index contributed by atoms with van der Waals surface area (Å²) in [6.07, 6.45) is 0. The van der Waals surface area contributed by atoms with E-state index in [2.05, 4.69) is 27.6 Å². The average molecular weight is 452 g/mol. The van der Waals surface area contributed by atoms with E-state index in [1.54, 1.807) is 62.8 Å². The molecule has 0 fully saturated rings. The molecule has 0 aromatic heterocycles. The van der Waals surface area contributed by atoms with Gasteiger partial charge in [-0.05, 0) is 54.4 Å². The molecule has 27 heavy (non-hydrogen) atoms. The van der Waals surface area contributed by atoms with Crippen molar-refractivity contribution in [1.82, 2.24) is 0 Å². The summed E-state index contributed by atoms with van der Waals surface area (Å²) in [5, 5.41) is 1.23. The highest BCUT2D eigenvalue weighted by Gasteiger charge is 2.03. The van der Waals surface area contributed by atoms with Crippen LogP contribution in [0.2, 0.25) is 10.0 Å². The topological polar surface area (TPSA) is 52.6 Å². The first-order valence-corrected chi connectivity index (χ1v) is 9.14. The highest BCUT2D eigenvalue weighted by Crippen LogP contribution is 2.10. The number of ketones is 1. The van der Waals surface area contributed by atoms with Gasteiger partial charge in [0.05, 0.1) is 18.6 Å². The molecule has 4 nitrogen and oxygen atoms in total. The fraction of sp³-hybridized carbons (Fsp3) is 0.211. The monoisotopic (exact) mass is 450 g/mol. The number of hydrogen-bond donors (Lipinski definition) is 0. The predicted octanol–water partition coefficient (Wildman–Crippen LogP) is 5.77. The van der Waals surface area contributed by atoms with Crippen molar-refractivity contribution in [3.05, 3.63) is 69.7 Å². The van der Waals surface area contributed by atoms with Crippen LogP contribution in [0.15, 0.2) is 48.5 Å². The summed E-state index contributed by atoms with van der Waals surface area (Å²) < 4.78 is 8.74. The summed E-state index contributed by atoms with van der Waals surface area (Å²) in [6, 6.07) is 13.2. The second kappa shape index (κ2) is 17.9. The third kappa shape index (κ3) is 13.3. The van der Waals surface area contributed by atoms with Gasteiger partial charge in [-0.25, -0.2) is 4.79 Å². The molecule has 148 valence electrons. The van der Waals surface area contributed by atoms with Crippen molar-refractivity contribution in [3.8, 4) is 0 Å². The fourth-order valence-corrected chi connectivity index (χ4v) is 1.82. The Hall–Kier alpha value is -1.50. The van der Waals surface area contributed by atoms with Gasteiger partial charge < -0.3 is 9.47 Å². The lowest BCUT2D eigenvalue weighted by molar-refractivity contribution is 0.0600. The number of esters is 1. The van der Waals surface area contributed by atoms with Crippen LogP contribution in [0.3, 0.4) is 0 Å². The summed E-state index contributed by atoms with van der Waals surface area (Å²) in [5.41, 5.74) is 1.11. The molecule has 0 saturated heterocycles. The summed E-state index contributed by atoms with van der Waals surface area (Å²) in [7, 11) is 4.59. The van der Waals surface area contributed by atoms with Crippen LogP contribution >= 0.6 is 47.0 Å². The molecular weight excluding hydrogens is 431 g/mol. The van der Waals surface area contributed by atoms with Crippen LogP contribution in [0.5, 0.6) is 0 Å². The Morgan fingerprint density at radius 3 is 1.48 bits per heavy atom. The molecule has 0 N–H and O–H groups in total. The first-order chi connectivity index (χ1) is 12.9. The van der Waals surface area contributed by atoms with Gasteiger partial charge in [-0.3, -0.25) is 4.79 Å². The molecule has 8 heteroatoms. The number of methoxy groups -OCH3 is 2. The SMILES string of the molecule is C=S.COC.COC(=O)c1ccc(Cl)cc1.O=C(CCl)c1ccc(Cl)cc1. The Bertz CT molecular complexity index is 604. The number of carbonyl (C=O) groups excluding carboxylic acids is 2. The molecule has 0 saturated carbocycles. The van der Waals surface area contributed by atoms with Gasteiger partial charge in [0.15, 0.2) is 5.78 Å². The second-order valence-electron chi connectivity index (χ2n) is 4.47. The number of thiocarbonyl (C=S) groups is 1. The molecule has 0 aliphatic carbocycles. The number of halogens is 3. The molecule has 0 unspecified atom stereocenters. The lowest BCUT2D eigenvalue weighted by atomic mass is 10.2. The zero-order valence-corrected chi connectivity index (χ0v) is 18.3. The van der Waals surface area contributed by atoms with E-state index in [0.717, 1.165) is 0 Å². The van der Waals surface area contributed by atoms with E-state index >= 15 is 0 Å². The Morgan fingerprint density at radius 2 is 1.19 bits per heavy atom. The first kappa shape index (κ1) is 27.7. The summed E-state index contributed by atoms with van der Waals surface area (Å²) in [5.74, 6) is 2.42. The van der Waals surface area contributed by atoms with Crippen LogP contribution in [0.25, 0.3) is 0 Å². The molecule has 2 rings (SSSR count). The van der Waals surface area contributed by atoms with Gasteiger partial charge in [0.25, 0.3) is 0 Å². The first-order valence-electron chi connectivity index (χ1n) is 7.27. The molecule has 0 atom stereocenters. The second-order valence-corrected chi connectivity index (χ2v) is 5.61. The normalized spacial score (nSPS) is 8.52. The minimum Gasteiger partial charge on any atom is -0.465 e. The lowest BCUT2D eigenvalue weighted by Gasteiger charge is -1.97. The molecule has 0 heterocycles. The molecule has 0 spiro atoms. The summed E-state index contributed by atoms with van der Waals surface area (Å²) >= 11 is 20.4. The standard InChI is InChI=1S/C8H6Cl2O.C8H7ClO2.C2H6O.CH2S/c9-5-8(11)6-1-3-7(10)4-2-6;1-11-8(10)6-2-4-7(9)5-3-6;1-3-2;1-2/h1-4H,5H2;2-5H,1H3;1-2H3;1H2. The third-order valence-electron chi connectivity index (χ3n) is 2.55. The van der Waals surface area contributed by atoms with Crippen LogP contribution in [0.1, 0.15) is 20.7 Å². The zero-order chi connectivity index (χ0) is 21.2. The van der Waals surface area contributed by atoms with E-state index in [9.17, 15) is 9.59 Å². The van der Waals surface area contributed by atoms with Gasteiger partial charge in [0.2, 0.25) is 0 Å². The van der Waals surface area contributed by atoms with Crippen LogP contribution in [-0.2, 0) is 9.47 Å². The van der Waals surface area contributed by atoms with Crippen LogP contribution in [0, 0.1) is 0 Å². The van der Waals surface area contributed by atoms with Crippen molar-refractivity contribution >= 4 is 64.6 Å². The molecule has 0 bridgehead atoms. The maximum absolute atomic E-state index is 10.9. The quantitative estimate of drug-likeness (QED) is 0.257. The maximum Gasteiger partial charge on any atom is 0.337 e. The number of benzene rings is 2. The maximum atomic E-state index is 10.9. The molecule has 0 aliphatic rings. The number of Topliss-reactive ketones (excluding diaryl/α,β-unsaturated/α-hetero) is 1. The van der Waals surface area contributed by atoms with Crippen molar-refractivity contribution in [2.75, 3.05) is 27.2 Å². The van der Waals surface area contributed by atoms with Gasteiger partial charge in [-0.2, -0.15) is 0 Å². The van der Waals surface area contributed by atoms with E-state index in [0.29, 0.717) is 21.2 Å². The number of carbonyl (C=O) groups is 2. The zero-order valence-electron chi connectivity index (χ0n) is 15.2. The van der Waals surface area contributed by atoms with Crippen molar-refractivity contribution in [3.63, 3.8) is 0 Å². The fourth-order valence-electron chi connectivity index (χ4n) is 1.42. The Morgan fingerprint density at radius 1 is 0.852 bits per heavy atom. The average Bonchev–Trinajstić information content (AvgIpc) is 2.70. The number of ether oxygens (including phenoxy) is 2. The molecule has 0 aliphatic heterocycles. The van der Waals surface area contributed by atoms with Crippen molar-refractivity contribution < 1.29 is 19.1 Å². The Kier molecular flexibility index (Phi) is 18.4.